The van der Waals surface area contributed by atoms with Gasteiger partial charge >= 0.3 is 5.97 Å². The minimum atomic E-state index is -1.47. The van der Waals surface area contributed by atoms with Crippen LogP contribution in [0.1, 0.15) is 58.3 Å². The van der Waals surface area contributed by atoms with E-state index in [0.717, 1.165) is 19.3 Å². The van der Waals surface area contributed by atoms with Crippen LogP contribution in [0.4, 0.5) is 0 Å². The normalized spacial score (nSPS) is 13.0. The lowest BCUT2D eigenvalue weighted by atomic mass is 9.94. The molecule has 0 aliphatic carbocycles. The zero-order valence-corrected chi connectivity index (χ0v) is 18.8. The summed E-state index contributed by atoms with van der Waals surface area (Å²) in [6.45, 7) is 3.90. The first-order chi connectivity index (χ1) is 14.1. The maximum absolute atomic E-state index is 11.6. The number of carboxylic acid groups (broad SMARTS) is 1. The fourth-order valence-corrected chi connectivity index (χ4v) is 3.07. The van der Waals surface area contributed by atoms with Crippen molar-refractivity contribution in [3.8, 4) is 0 Å². The van der Waals surface area contributed by atoms with Crippen molar-refractivity contribution in [1.29, 1.82) is 0 Å². The highest BCUT2D eigenvalue weighted by molar-refractivity contribution is 5.67. The summed E-state index contributed by atoms with van der Waals surface area (Å²) in [4.78, 5) is 11.6. The number of carboxylic acids is 1. The molecule has 0 aromatic heterocycles. The van der Waals surface area contributed by atoms with Crippen LogP contribution < -0.4 is 0 Å². The lowest BCUT2D eigenvalue weighted by molar-refractivity contribution is -0.409. The van der Waals surface area contributed by atoms with Gasteiger partial charge in [-0.2, -0.15) is 0 Å². The Morgan fingerprint density at radius 2 is 1.21 bits per heavy atom. The van der Waals surface area contributed by atoms with Gasteiger partial charge in [0.15, 0.2) is 0 Å². The molecule has 0 aromatic carbocycles. The first-order valence-corrected chi connectivity index (χ1v) is 10.7. The molecule has 0 amide bonds. The predicted molar refractivity (Wildman–Crippen MR) is 110 cm³/mol. The van der Waals surface area contributed by atoms with Gasteiger partial charge in [0.2, 0.25) is 0 Å². The van der Waals surface area contributed by atoms with E-state index in [1.54, 1.807) is 21.3 Å². The molecule has 0 heterocycles. The molecule has 1 unspecified atom stereocenters. The van der Waals surface area contributed by atoms with Gasteiger partial charge in [0.25, 0.3) is 5.97 Å². The van der Waals surface area contributed by atoms with Crippen molar-refractivity contribution in [1.82, 2.24) is 0 Å². The minimum absolute atomic E-state index is 0.109. The number of carbonyl (C=O) groups is 1. The van der Waals surface area contributed by atoms with Gasteiger partial charge in [0.1, 0.15) is 0 Å². The molecule has 0 bridgehead atoms. The van der Waals surface area contributed by atoms with Crippen molar-refractivity contribution < 1.29 is 38.3 Å². The lowest BCUT2D eigenvalue weighted by Gasteiger charge is -2.39. The number of hydrogen-bond donors (Lipinski definition) is 1. The van der Waals surface area contributed by atoms with Crippen molar-refractivity contribution >= 4 is 5.97 Å². The molecule has 0 aromatic rings. The van der Waals surface area contributed by atoms with Gasteiger partial charge < -0.3 is 33.5 Å². The van der Waals surface area contributed by atoms with Gasteiger partial charge in [-0.1, -0.05) is 45.4 Å². The number of rotatable bonds is 22. The summed E-state index contributed by atoms with van der Waals surface area (Å²) in [5, 5.41) is 9.49. The maximum atomic E-state index is 11.6. The van der Waals surface area contributed by atoms with E-state index in [4.69, 9.17) is 28.4 Å². The van der Waals surface area contributed by atoms with E-state index in [0.29, 0.717) is 26.2 Å². The third-order valence-electron chi connectivity index (χ3n) is 4.60. The largest absolute Gasteiger partial charge is 0.481 e. The molecule has 0 aliphatic rings. The molecule has 0 saturated carbocycles. The standard InChI is InChI=1S/C21H42O8/c1-5-6-7-8-9-10-11-19(18-20(22)23)21(27-15-12-24-2,28-16-13-25-3)29-17-14-26-4/h19H,5-18H2,1-4H3,(H,22,23). The number of methoxy groups -OCH3 is 3. The van der Waals surface area contributed by atoms with Crippen molar-refractivity contribution in [2.75, 3.05) is 61.0 Å². The Labute approximate surface area is 176 Å². The highest BCUT2D eigenvalue weighted by Crippen LogP contribution is 2.33. The topological polar surface area (TPSA) is 92.7 Å². The summed E-state index contributed by atoms with van der Waals surface area (Å²) in [5.41, 5.74) is 0. The van der Waals surface area contributed by atoms with E-state index in [2.05, 4.69) is 6.92 Å². The van der Waals surface area contributed by atoms with Gasteiger partial charge in [-0.05, 0) is 6.42 Å². The molecule has 0 saturated heterocycles. The van der Waals surface area contributed by atoms with Gasteiger partial charge in [-0.25, -0.2) is 0 Å². The second-order valence-corrected chi connectivity index (χ2v) is 6.98. The summed E-state index contributed by atoms with van der Waals surface area (Å²) in [6.07, 6.45) is 7.21. The molecule has 0 rings (SSSR count). The van der Waals surface area contributed by atoms with Crippen LogP contribution in [-0.4, -0.2) is 78.0 Å². The van der Waals surface area contributed by atoms with Crippen LogP contribution in [0.3, 0.4) is 0 Å². The molecule has 29 heavy (non-hydrogen) atoms. The molecular formula is C21H42O8. The maximum Gasteiger partial charge on any atom is 0.303 e. The predicted octanol–water partition coefficient (Wildman–Crippen LogP) is 3.47. The van der Waals surface area contributed by atoms with E-state index >= 15 is 0 Å². The number of aliphatic carboxylic acids is 1. The van der Waals surface area contributed by atoms with E-state index in [1.807, 2.05) is 0 Å². The number of ether oxygens (including phenoxy) is 6. The number of hydrogen-bond acceptors (Lipinski definition) is 7. The molecule has 8 nitrogen and oxygen atoms in total. The zero-order valence-electron chi connectivity index (χ0n) is 18.8. The Morgan fingerprint density at radius 3 is 1.62 bits per heavy atom. The van der Waals surface area contributed by atoms with Crippen LogP contribution in [0.2, 0.25) is 0 Å². The minimum Gasteiger partial charge on any atom is -0.481 e. The average Bonchev–Trinajstić information content (AvgIpc) is 2.69. The molecule has 1 atom stereocenters. The van der Waals surface area contributed by atoms with Crippen molar-refractivity contribution in [2.45, 2.75) is 64.3 Å². The van der Waals surface area contributed by atoms with Crippen molar-refractivity contribution in [3.63, 3.8) is 0 Å². The smallest absolute Gasteiger partial charge is 0.303 e. The third kappa shape index (κ3) is 14.0. The Balaban J connectivity index is 5.27. The summed E-state index contributed by atoms with van der Waals surface area (Å²) in [5.74, 6) is -2.85. The third-order valence-corrected chi connectivity index (χ3v) is 4.60. The highest BCUT2D eigenvalue weighted by atomic mass is 16.9. The molecule has 0 aliphatic heterocycles. The molecule has 0 spiro atoms. The summed E-state index contributed by atoms with van der Waals surface area (Å²) >= 11 is 0. The first kappa shape index (κ1) is 28.2. The molecule has 1 N–H and O–H groups in total. The molecule has 0 fully saturated rings. The van der Waals surface area contributed by atoms with Crippen LogP contribution >= 0.6 is 0 Å². The molecular weight excluding hydrogens is 380 g/mol. The Hall–Kier alpha value is -0.770. The van der Waals surface area contributed by atoms with E-state index < -0.39 is 17.9 Å². The fraction of sp³-hybridized carbons (Fsp3) is 0.952. The summed E-state index contributed by atoms with van der Waals surface area (Å²) in [7, 11) is 4.73. The van der Waals surface area contributed by atoms with E-state index in [1.165, 1.54) is 19.3 Å². The van der Waals surface area contributed by atoms with Crippen LogP contribution in [0.15, 0.2) is 0 Å². The monoisotopic (exact) mass is 422 g/mol. The highest BCUT2D eigenvalue weighted by Gasteiger charge is 2.43. The Bertz CT molecular complexity index is 351. The van der Waals surface area contributed by atoms with Crippen LogP contribution in [0, 0.1) is 5.92 Å². The van der Waals surface area contributed by atoms with Crippen LogP contribution in [0.5, 0.6) is 0 Å². The average molecular weight is 423 g/mol. The van der Waals surface area contributed by atoms with Crippen molar-refractivity contribution in [2.24, 2.45) is 5.92 Å². The summed E-state index contributed by atoms with van der Waals surface area (Å²) in [6, 6.07) is 0. The van der Waals surface area contributed by atoms with Crippen LogP contribution in [-0.2, 0) is 33.2 Å². The van der Waals surface area contributed by atoms with E-state index in [9.17, 15) is 9.90 Å². The van der Waals surface area contributed by atoms with Gasteiger partial charge in [0, 0.05) is 21.3 Å². The van der Waals surface area contributed by atoms with E-state index in [-0.39, 0.29) is 26.2 Å². The zero-order chi connectivity index (χ0) is 21.8. The summed E-state index contributed by atoms with van der Waals surface area (Å²) < 4.78 is 33.2. The van der Waals surface area contributed by atoms with Crippen molar-refractivity contribution in [3.05, 3.63) is 0 Å². The van der Waals surface area contributed by atoms with Gasteiger partial charge in [-0.3, -0.25) is 4.79 Å². The quantitative estimate of drug-likeness (QED) is 0.209. The fourth-order valence-electron chi connectivity index (χ4n) is 3.07. The second kappa shape index (κ2) is 19.2. The number of unbranched alkanes of at least 4 members (excludes halogenated alkanes) is 5. The SMILES string of the molecule is CCCCCCCCC(CC(=O)O)C(OCCOC)(OCCOC)OCCOC. The van der Waals surface area contributed by atoms with Crippen LogP contribution in [0.25, 0.3) is 0 Å². The molecule has 174 valence electrons. The van der Waals surface area contributed by atoms with Gasteiger partial charge in [-0.15, -0.1) is 0 Å². The second-order valence-electron chi connectivity index (χ2n) is 6.98. The molecule has 0 radical (unpaired) electrons. The van der Waals surface area contributed by atoms with Gasteiger partial charge in [0.05, 0.1) is 52.0 Å². The Kier molecular flexibility index (Phi) is 18.7. The lowest BCUT2D eigenvalue weighted by Crippen LogP contribution is -2.49. The Morgan fingerprint density at radius 1 is 0.759 bits per heavy atom. The first-order valence-electron chi connectivity index (χ1n) is 10.7. The molecule has 8 heteroatoms.